The Kier molecular flexibility index (Phi) is 4.55. The second-order valence-electron chi connectivity index (χ2n) is 9.81. The van der Waals surface area contributed by atoms with Crippen LogP contribution in [0.3, 0.4) is 0 Å². The van der Waals surface area contributed by atoms with Crippen LogP contribution in [0.4, 0.5) is 0 Å². The molecule has 8 aromatic rings. The number of hydrogen-bond acceptors (Lipinski definition) is 1. The molecular formula is C36H23NO. The Balaban J connectivity index is 1.29. The second-order valence-corrected chi connectivity index (χ2v) is 9.81. The smallest absolute Gasteiger partial charge is 0.135 e. The summed E-state index contributed by atoms with van der Waals surface area (Å²) in [7, 11) is 0. The average molecular weight is 486 g/mol. The van der Waals surface area contributed by atoms with Gasteiger partial charge in [-0.05, 0) is 70.8 Å². The zero-order chi connectivity index (χ0) is 25.1. The maximum atomic E-state index is 6.06. The van der Waals surface area contributed by atoms with Crippen molar-refractivity contribution in [2.45, 2.75) is 0 Å². The van der Waals surface area contributed by atoms with Gasteiger partial charge in [0.1, 0.15) is 11.2 Å². The lowest BCUT2D eigenvalue weighted by atomic mass is 10.0. The molecule has 8 rings (SSSR count). The van der Waals surface area contributed by atoms with Crippen molar-refractivity contribution in [2.24, 2.45) is 0 Å². The van der Waals surface area contributed by atoms with Crippen LogP contribution in [0.5, 0.6) is 0 Å². The van der Waals surface area contributed by atoms with E-state index in [-0.39, 0.29) is 0 Å². The molecule has 2 nitrogen and oxygen atoms in total. The number of nitrogens with zero attached hydrogens (tertiary/aromatic N) is 1. The minimum Gasteiger partial charge on any atom is -0.456 e. The fourth-order valence-corrected chi connectivity index (χ4v) is 5.77. The van der Waals surface area contributed by atoms with Gasteiger partial charge in [0.25, 0.3) is 0 Å². The lowest BCUT2D eigenvalue weighted by Crippen LogP contribution is -1.93. The molecule has 0 unspecified atom stereocenters. The molecule has 0 aliphatic carbocycles. The maximum Gasteiger partial charge on any atom is 0.135 e. The van der Waals surface area contributed by atoms with Crippen LogP contribution in [-0.2, 0) is 0 Å². The summed E-state index contributed by atoms with van der Waals surface area (Å²) in [5, 5.41) is 4.81. The topological polar surface area (TPSA) is 18.1 Å². The van der Waals surface area contributed by atoms with Gasteiger partial charge in [-0.25, -0.2) is 0 Å². The van der Waals surface area contributed by atoms with Crippen LogP contribution < -0.4 is 0 Å². The highest BCUT2D eigenvalue weighted by molar-refractivity contribution is 6.11. The molecule has 2 heterocycles. The first-order valence-corrected chi connectivity index (χ1v) is 12.9. The molecule has 0 saturated carbocycles. The molecule has 2 aromatic heterocycles. The van der Waals surface area contributed by atoms with Gasteiger partial charge in [-0.1, -0.05) is 91.0 Å². The van der Waals surface area contributed by atoms with E-state index < -0.39 is 0 Å². The van der Waals surface area contributed by atoms with Crippen LogP contribution in [0, 0.1) is 0 Å². The first kappa shape index (κ1) is 21.0. The van der Waals surface area contributed by atoms with Gasteiger partial charge >= 0.3 is 0 Å². The van der Waals surface area contributed by atoms with Crippen LogP contribution in [0.25, 0.3) is 71.7 Å². The van der Waals surface area contributed by atoms with Gasteiger partial charge in [0.2, 0.25) is 0 Å². The lowest BCUT2D eigenvalue weighted by Gasteiger charge is -2.10. The molecular weight excluding hydrogens is 462 g/mol. The molecule has 0 saturated heterocycles. The molecule has 0 fully saturated rings. The van der Waals surface area contributed by atoms with E-state index in [9.17, 15) is 0 Å². The summed E-state index contributed by atoms with van der Waals surface area (Å²) in [5.41, 5.74) is 10.3. The predicted molar refractivity (Wildman–Crippen MR) is 159 cm³/mol. The van der Waals surface area contributed by atoms with Crippen LogP contribution in [0.1, 0.15) is 0 Å². The van der Waals surface area contributed by atoms with Gasteiger partial charge < -0.3 is 8.98 Å². The Bertz CT molecular complexity index is 2110. The minimum atomic E-state index is 0.923. The van der Waals surface area contributed by atoms with Crippen molar-refractivity contribution in [1.82, 2.24) is 4.57 Å². The van der Waals surface area contributed by atoms with Crippen molar-refractivity contribution < 1.29 is 4.42 Å². The number of hydrogen-bond donors (Lipinski definition) is 0. The van der Waals surface area contributed by atoms with E-state index in [2.05, 4.69) is 132 Å². The summed E-state index contributed by atoms with van der Waals surface area (Å²) < 4.78 is 8.43. The van der Waals surface area contributed by atoms with E-state index in [0.717, 1.165) is 27.6 Å². The Morgan fingerprint density at radius 3 is 1.79 bits per heavy atom. The summed E-state index contributed by atoms with van der Waals surface area (Å²) in [6.07, 6.45) is 0. The molecule has 0 atom stereocenters. The van der Waals surface area contributed by atoms with E-state index in [1.54, 1.807) is 0 Å². The quantitative estimate of drug-likeness (QED) is 0.243. The third-order valence-corrected chi connectivity index (χ3v) is 7.62. The molecule has 0 radical (unpaired) electrons. The fourth-order valence-electron chi connectivity index (χ4n) is 5.77. The SMILES string of the molecule is c1ccc(-c2ccc(-n3c4ccccc4c4cc(-c5ccc6oc7ccccc7c6c5)ccc43)cc2)cc1. The van der Waals surface area contributed by atoms with Crippen molar-refractivity contribution in [3.05, 3.63) is 140 Å². The number of rotatable bonds is 3. The monoisotopic (exact) mass is 485 g/mol. The largest absolute Gasteiger partial charge is 0.456 e. The van der Waals surface area contributed by atoms with Crippen LogP contribution in [-0.4, -0.2) is 4.57 Å². The fraction of sp³-hybridized carbons (Fsp3) is 0. The standard InChI is InChI=1S/C36H23NO/c1-2-8-24(9-3-1)25-14-18-28(19-15-25)37-33-12-6-4-10-29(33)31-22-26(16-20-34(31)37)27-17-21-36-32(23-27)30-11-5-7-13-35(30)38-36/h1-23H. The second kappa shape index (κ2) is 8.22. The number of furan rings is 1. The Morgan fingerprint density at radius 2 is 0.947 bits per heavy atom. The van der Waals surface area contributed by atoms with Gasteiger partial charge in [-0.3, -0.25) is 0 Å². The van der Waals surface area contributed by atoms with Crippen molar-refractivity contribution in [3.8, 4) is 27.9 Å². The van der Waals surface area contributed by atoms with Gasteiger partial charge in [0.15, 0.2) is 0 Å². The molecule has 0 spiro atoms. The average Bonchev–Trinajstić information content (AvgIpc) is 3.53. The molecule has 0 aliphatic rings. The summed E-state index contributed by atoms with van der Waals surface area (Å²) >= 11 is 0. The first-order chi connectivity index (χ1) is 18.8. The summed E-state index contributed by atoms with van der Waals surface area (Å²) in [6, 6.07) is 49.7. The number of benzene rings is 6. The number of aromatic nitrogens is 1. The Morgan fingerprint density at radius 1 is 0.368 bits per heavy atom. The van der Waals surface area contributed by atoms with E-state index >= 15 is 0 Å². The number of para-hydroxylation sites is 2. The van der Waals surface area contributed by atoms with Crippen LogP contribution in [0.2, 0.25) is 0 Å². The third-order valence-electron chi connectivity index (χ3n) is 7.62. The summed E-state index contributed by atoms with van der Waals surface area (Å²) in [4.78, 5) is 0. The zero-order valence-electron chi connectivity index (χ0n) is 20.6. The highest BCUT2D eigenvalue weighted by atomic mass is 16.3. The molecule has 2 heteroatoms. The van der Waals surface area contributed by atoms with Gasteiger partial charge in [0, 0.05) is 27.2 Å². The molecule has 0 N–H and O–H groups in total. The van der Waals surface area contributed by atoms with Gasteiger partial charge in [-0.15, -0.1) is 0 Å². The Labute approximate surface area is 220 Å². The summed E-state index contributed by atoms with van der Waals surface area (Å²) in [6.45, 7) is 0. The van der Waals surface area contributed by atoms with E-state index in [0.29, 0.717) is 0 Å². The third kappa shape index (κ3) is 3.21. The highest BCUT2D eigenvalue weighted by Gasteiger charge is 2.14. The molecule has 0 amide bonds. The van der Waals surface area contributed by atoms with Crippen molar-refractivity contribution >= 4 is 43.7 Å². The molecule has 178 valence electrons. The van der Waals surface area contributed by atoms with Crippen LogP contribution in [0.15, 0.2) is 144 Å². The zero-order valence-corrected chi connectivity index (χ0v) is 20.6. The van der Waals surface area contributed by atoms with Crippen molar-refractivity contribution in [2.75, 3.05) is 0 Å². The highest BCUT2D eigenvalue weighted by Crippen LogP contribution is 2.37. The normalized spacial score (nSPS) is 11.7. The van der Waals surface area contributed by atoms with Gasteiger partial charge in [0.05, 0.1) is 11.0 Å². The van der Waals surface area contributed by atoms with Crippen molar-refractivity contribution in [1.29, 1.82) is 0 Å². The molecule has 38 heavy (non-hydrogen) atoms. The molecule has 0 aliphatic heterocycles. The lowest BCUT2D eigenvalue weighted by molar-refractivity contribution is 0.669. The minimum absolute atomic E-state index is 0.923. The maximum absolute atomic E-state index is 6.06. The predicted octanol–water partition coefficient (Wildman–Crippen LogP) is 10.0. The molecule has 6 aromatic carbocycles. The van der Waals surface area contributed by atoms with E-state index in [1.807, 2.05) is 12.1 Å². The number of fused-ring (bicyclic) bond motifs is 6. The molecule has 0 bridgehead atoms. The van der Waals surface area contributed by atoms with Crippen LogP contribution >= 0.6 is 0 Å². The Hall–Kier alpha value is -5.08. The van der Waals surface area contributed by atoms with Gasteiger partial charge in [-0.2, -0.15) is 0 Å². The first-order valence-electron chi connectivity index (χ1n) is 12.9. The van der Waals surface area contributed by atoms with Crippen molar-refractivity contribution in [3.63, 3.8) is 0 Å². The van der Waals surface area contributed by atoms with E-state index in [1.165, 1.54) is 44.1 Å². The van der Waals surface area contributed by atoms with E-state index in [4.69, 9.17) is 4.42 Å². The summed E-state index contributed by atoms with van der Waals surface area (Å²) in [5.74, 6) is 0.